The first-order valence-corrected chi connectivity index (χ1v) is 8.83. The van der Waals surface area contributed by atoms with Crippen LogP contribution in [0.4, 0.5) is 0 Å². The first kappa shape index (κ1) is 17.7. The summed E-state index contributed by atoms with van der Waals surface area (Å²) in [5.41, 5.74) is 2.91. The van der Waals surface area contributed by atoms with Crippen molar-refractivity contribution in [1.82, 2.24) is 14.7 Å². The number of carbonyl (C=O) groups is 1. The van der Waals surface area contributed by atoms with Crippen LogP contribution < -0.4 is 0 Å². The number of nitrogens with zero attached hydrogens (tertiary/aromatic N) is 3. The van der Waals surface area contributed by atoms with Gasteiger partial charge in [-0.05, 0) is 36.2 Å². The minimum absolute atomic E-state index is 0.0486. The Morgan fingerprint density at radius 3 is 2.69 bits per heavy atom. The van der Waals surface area contributed by atoms with Crippen LogP contribution in [-0.2, 0) is 6.54 Å². The van der Waals surface area contributed by atoms with E-state index in [0.29, 0.717) is 25.2 Å². The van der Waals surface area contributed by atoms with Crippen molar-refractivity contribution >= 4 is 12.0 Å². The van der Waals surface area contributed by atoms with Gasteiger partial charge in [-0.25, -0.2) is 0 Å². The van der Waals surface area contributed by atoms with Crippen LogP contribution in [0.2, 0.25) is 0 Å². The second-order valence-corrected chi connectivity index (χ2v) is 6.06. The van der Waals surface area contributed by atoms with Crippen molar-refractivity contribution in [2.75, 3.05) is 13.1 Å². The van der Waals surface area contributed by atoms with Crippen LogP contribution >= 0.6 is 0 Å². The van der Waals surface area contributed by atoms with Crippen LogP contribution in [0, 0.1) is 0 Å². The molecular weight excluding hydrogens is 322 g/mol. The lowest BCUT2D eigenvalue weighted by Gasteiger charge is -2.19. The van der Waals surface area contributed by atoms with E-state index in [-0.39, 0.29) is 5.91 Å². The molecule has 3 aromatic rings. The molecule has 1 amide bonds. The van der Waals surface area contributed by atoms with Gasteiger partial charge in [-0.15, -0.1) is 0 Å². The fourth-order valence-electron chi connectivity index (χ4n) is 2.80. The molecule has 3 rings (SSSR count). The van der Waals surface area contributed by atoms with Gasteiger partial charge in [0.2, 0.25) is 0 Å². The summed E-state index contributed by atoms with van der Waals surface area (Å²) in [5, 5.41) is 4.22. The number of hydrogen-bond donors (Lipinski definition) is 0. The maximum Gasteiger partial charge on any atom is 0.254 e. The Morgan fingerprint density at radius 1 is 1.12 bits per heavy atom. The molecule has 2 aromatic carbocycles. The number of amides is 1. The first-order valence-electron chi connectivity index (χ1n) is 8.83. The lowest BCUT2D eigenvalue weighted by atomic mass is 10.1. The van der Waals surface area contributed by atoms with Crippen molar-refractivity contribution in [2.45, 2.75) is 13.5 Å². The van der Waals surface area contributed by atoms with Gasteiger partial charge < -0.3 is 4.90 Å². The predicted octanol–water partition coefficient (Wildman–Crippen LogP) is 4.11. The quantitative estimate of drug-likeness (QED) is 0.646. The van der Waals surface area contributed by atoms with E-state index in [1.54, 1.807) is 6.20 Å². The fourth-order valence-corrected chi connectivity index (χ4v) is 2.80. The topological polar surface area (TPSA) is 38.1 Å². The molecule has 0 bridgehead atoms. The summed E-state index contributed by atoms with van der Waals surface area (Å²) in [5.74, 6) is 0.0486. The number of likely N-dealkylation sites (N-methyl/N-ethyl adjacent to an activating group) is 1. The van der Waals surface area contributed by atoms with Crippen molar-refractivity contribution in [3.8, 4) is 0 Å². The van der Waals surface area contributed by atoms with Crippen molar-refractivity contribution < 1.29 is 4.79 Å². The molecule has 0 unspecified atom stereocenters. The normalized spacial score (nSPS) is 11.0. The van der Waals surface area contributed by atoms with E-state index >= 15 is 0 Å². The molecule has 4 heteroatoms. The number of carbonyl (C=O) groups excluding carboxylic acids is 1. The van der Waals surface area contributed by atoms with E-state index in [1.165, 1.54) is 0 Å². The van der Waals surface area contributed by atoms with Gasteiger partial charge >= 0.3 is 0 Å². The fraction of sp³-hybridized carbons (Fsp3) is 0.182. The third kappa shape index (κ3) is 4.70. The first-order chi connectivity index (χ1) is 12.8. The average molecular weight is 345 g/mol. The van der Waals surface area contributed by atoms with E-state index in [9.17, 15) is 4.79 Å². The minimum atomic E-state index is 0.0486. The SMILES string of the molecule is CCN(CC=Cc1ccccc1)C(=O)c1cccc(Cn2cccn2)c1. The Bertz CT molecular complexity index is 854. The molecule has 0 aliphatic rings. The molecule has 132 valence electrons. The van der Waals surface area contributed by atoms with Crippen LogP contribution in [0.1, 0.15) is 28.4 Å². The summed E-state index contributed by atoms with van der Waals surface area (Å²) in [4.78, 5) is 14.7. The molecular formula is C22H23N3O. The third-order valence-corrected chi connectivity index (χ3v) is 4.18. The molecule has 4 nitrogen and oxygen atoms in total. The second kappa shape index (κ2) is 8.81. The zero-order valence-electron chi connectivity index (χ0n) is 15.0. The smallest absolute Gasteiger partial charge is 0.254 e. The van der Waals surface area contributed by atoms with E-state index in [1.807, 2.05) is 95.5 Å². The third-order valence-electron chi connectivity index (χ3n) is 4.18. The highest BCUT2D eigenvalue weighted by Crippen LogP contribution is 2.11. The second-order valence-electron chi connectivity index (χ2n) is 6.06. The van der Waals surface area contributed by atoms with Gasteiger partial charge in [0.1, 0.15) is 0 Å². The molecule has 1 aromatic heterocycles. The molecule has 0 saturated heterocycles. The van der Waals surface area contributed by atoms with Crippen molar-refractivity contribution in [3.63, 3.8) is 0 Å². The molecule has 0 spiro atoms. The van der Waals surface area contributed by atoms with Crippen LogP contribution in [0.15, 0.2) is 79.1 Å². The lowest BCUT2D eigenvalue weighted by molar-refractivity contribution is 0.0782. The maximum absolute atomic E-state index is 12.8. The van der Waals surface area contributed by atoms with Gasteiger partial charge in [0.25, 0.3) is 5.91 Å². The van der Waals surface area contributed by atoms with Crippen molar-refractivity contribution in [2.24, 2.45) is 0 Å². The van der Waals surface area contributed by atoms with Gasteiger partial charge in [-0.3, -0.25) is 9.48 Å². The maximum atomic E-state index is 12.8. The van der Waals surface area contributed by atoms with Gasteiger partial charge in [0.05, 0.1) is 6.54 Å². The van der Waals surface area contributed by atoms with Crippen molar-refractivity contribution in [1.29, 1.82) is 0 Å². The van der Waals surface area contributed by atoms with Crippen LogP contribution in [0.25, 0.3) is 6.08 Å². The highest BCUT2D eigenvalue weighted by atomic mass is 16.2. The Labute approximate surface area is 154 Å². The highest BCUT2D eigenvalue weighted by Gasteiger charge is 2.13. The Morgan fingerprint density at radius 2 is 1.96 bits per heavy atom. The average Bonchev–Trinajstić information content (AvgIpc) is 3.19. The van der Waals surface area contributed by atoms with E-state index < -0.39 is 0 Å². The van der Waals surface area contributed by atoms with Gasteiger partial charge in [-0.2, -0.15) is 5.10 Å². The Hall–Kier alpha value is -3.14. The number of benzene rings is 2. The van der Waals surface area contributed by atoms with Gasteiger partial charge in [-0.1, -0.05) is 54.6 Å². The zero-order chi connectivity index (χ0) is 18.2. The predicted molar refractivity (Wildman–Crippen MR) is 105 cm³/mol. The van der Waals surface area contributed by atoms with E-state index in [0.717, 1.165) is 11.1 Å². The summed E-state index contributed by atoms with van der Waals surface area (Å²) in [6, 6.07) is 19.8. The zero-order valence-corrected chi connectivity index (χ0v) is 15.0. The number of hydrogen-bond acceptors (Lipinski definition) is 2. The summed E-state index contributed by atoms with van der Waals surface area (Å²) < 4.78 is 1.85. The highest BCUT2D eigenvalue weighted by molar-refractivity contribution is 5.94. The molecule has 0 fully saturated rings. The summed E-state index contributed by atoms with van der Waals surface area (Å²) >= 11 is 0. The number of aromatic nitrogens is 2. The van der Waals surface area contributed by atoms with Crippen LogP contribution in [-0.4, -0.2) is 33.7 Å². The van der Waals surface area contributed by atoms with E-state index in [4.69, 9.17) is 0 Å². The minimum Gasteiger partial charge on any atom is -0.335 e. The molecule has 26 heavy (non-hydrogen) atoms. The molecule has 0 atom stereocenters. The van der Waals surface area contributed by atoms with E-state index in [2.05, 4.69) is 5.10 Å². The van der Waals surface area contributed by atoms with Crippen LogP contribution in [0.3, 0.4) is 0 Å². The van der Waals surface area contributed by atoms with Gasteiger partial charge in [0, 0.05) is 31.0 Å². The monoisotopic (exact) mass is 345 g/mol. The summed E-state index contributed by atoms with van der Waals surface area (Å²) in [6.07, 6.45) is 7.75. The van der Waals surface area contributed by atoms with Gasteiger partial charge in [0.15, 0.2) is 0 Å². The Kier molecular flexibility index (Phi) is 5.99. The summed E-state index contributed by atoms with van der Waals surface area (Å²) in [7, 11) is 0. The standard InChI is InChI=1S/C22H23N3O/c1-2-24(15-7-12-19-9-4-3-5-10-19)22(26)21-13-6-11-20(17-21)18-25-16-8-14-23-25/h3-14,16-17H,2,15,18H2,1H3. The lowest BCUT2D eigenvalue weighted by Crippen LogP contribution is -2.31. The molecule has 1 heterocycles. The molecule has 0 radical (unpaired) electrons. The number of rotatable bonds is 7. The molecule has 0 saturated carbocycles. The molecule has 0 aliphatic heterocycles. The molecule has 0 aliphatic carbocycles. The van der Waals surface area contributed by atoms with Crippen LogP contribution in [0.5, 0.6) is 0 Å². The largest absolute Gasteiger partial charge is 0.335 e. The molecule has 0 N–H and O–H groups in total. The Balaban J connectivity index is 1.67. The van der Waals surface area contributed by atoms with Crippen molar-refractivity contribution in [3.05, 3.63) is 95.8 Å². The summed E-state index contributed by atoms with van der Waals surface area (Å²) in [6.45, 7) is 3.92.